The average molecular weight is 366 g/mol. The Morgan fingerprint density at radius 3 is 2.85 bits per heavy atom. The number of imidazole rings is 1. The molecule has 0 spiro atoms. The van der Waals surface area contributed by atoms with Gasteiger partial charge in [0, 0.05) is 18.6 Å². The summed E-state index contributed by atoms with van der Waals surface area (Å²) < 4.78 is 7.05. The van der Waals surface area contributed by atoms with Gasteiger partial charge in [-0.15, -0.1) is 0 Å². The lowest BCUT2D eigenvalue weighted by Gasteiger charge is -2.33. The van der Waals surface area contributed by atoms with Crippen molar-refractivity contribution in [2.24, 2.45) is 0 Å². The largest absolute Gasteiger partial charge is 0.467 e. The molecule has 4 heterocycles. The van der Waals surface area contributed by atoms with Crippen LogP contribution in [-0.2, 0) is 11.3 Å². The predicted molar refractivity (Wildman–Crippen MR) is 97.9 cm³/mol. The molecule has 1 N–H and O–H groups in total. The number of likely N-dealkylation sites (tertiary alicyclic amines) is 1. The molecule has 0 aromatic carbocycles. The van der Waals surface area contributed by atoms with Crippen LogP contribution in [0.15, 0.2) is 53.8 Å². The lowest BCUT2D eigenvalue weighted by atomic mass is 10.1. The summed E-state index contributed by atoms with van der Waals surface area (Å²) in [7, 11) is 0. The molecule has 1 amide bonds. The van der Waals surface area contributed by atoms with E-state index < -0.39 is 6.04 Å². The van der Waals surface area contributed by atoms with Crippen LogP contribution in [0.25, 0.3) is 5.95 Å². The molecule has 1 unspecified atom stereocenters. The van der Waals surface area contributed by atoms with Crippen LogP contribution >= 0.6 is 0 Å². The zero-order valence-corrected chi connectivity index (χ0v) is 15.0. The minimum atomic E-state index is -0.453. The molecule has 4 rings (SSSR count). The van der Waals surface area contributed by atoms with Gasteiger partial charge in [0.15, 0.2) is 0 Å². The Hall–Kier alpha value is -3.00. The number of hydrogen-bond donors (Lipinski definition) is 1. The first-order valence-corrected chi connectivity index (χ1v) is 9.17. The Bertz CT molecular complexity index is 856. The number of carbonyl (C=O) groups excluding carboxylic acids is 1. The SMILES string of the molecule is O=C(NCc1ccco1)C(c1ccnc(-n2ccnc2)n1)N1CCCCC1. The molecule has 140 valence electrons. The Labute approximate surface area is 157 Å². The second-order valence-corrected chi connectivity index (χ2v) is 6.55. The molecule has 0 radical (unpaired) electrons. The lowest BCUT2D eigenvalue weighted by molar-refractivity contribution is -0.127. The van der Waals surface area contributed by atoms with Gasteiger partial charge in [-0.1, -0.05) is 6.42 Å². The molecule has 27 heavy (non-hydrogen) atoms. The number of piperidine rings is 1. The summed E-state index contributed by atoms with van der Waals surface area (Å²) in [4.78, 5) is 28.2. The molecule has 1 fully saturated rings. The molecular formula is C19H22N6O2. The Kier molecular flexibility index (Phi) is 5.24. The van der Waals surface area contributed by atoms with Crippen LogP contribution in [0, 0.1) is 0 Å². The number of furan rings is 1. The van der Waals surface area contributed by atoms with Crippen molar-refractivity contribution < 1.29 is 9.21 Å². The van der Waals surface area contributed by atoms with Crippen molar-refractivity contribution in [2.75, 3.05) is 13.1 Å². The van der Waals surface area contributed by atoms with Crippen molar-refractivity contribution in [3.8, 4) is 5.95 Å². The van der Waals surface area contributed by atoms with E-state index in [1.54, 1.807) is 35.7 Å². The predicted octanol–water partition coefficient (Wildman–Crippen LogP) is 2.10. The summed E-state index contributed by atoms with van der Waals surface area (Å²) in [6.07, 6.45) is 11.8. The van der Waals surface area contributed by atoms with Gasteiger partial charge in [0.1, 0.15) is 18.1 Å². The molecule has 0 saturated carbocycles. The van der Waals surface area contributed by atoms with E-state index in [9.17, 15) is 4.79 Å². The van der Waals surface area contributed by atoms with Crippen LogP contribution in [0.4, 0.5) is 0 Å². The molecule has 8 nitrogen and oxygen atoms in total. The number of nitrogens with one attached hydrogen (secondary N) is 1. The second-order valence-electron chi connectivity index (χ2n) is 6.55. The van der Waals surface area contributed by atoms with Gasteiger partial charge in [0.05, 0.1) is 18.5 Å². The first-order chi connectivity index (χ1) is 13.3. The highest BCUT2D eigenvalue weighted by Crippen LogP contribution is 2.24. The number of nitrogens with zero attached hydrogens (tertiary/aromatic N) is 5. The molecule has 1 aliphatic rings. The summed E-state index contributed by atoms with van der Waals surface area (Å²) in [5, 5.41) is 2.98. The molecule has 1 saturated heterocycles. The summed E-state index contributed by atoms with van der Waals surface area (Å²) in [6.45, 7) is 2.11. The minimum Gasteiger partial charge on any atom is -0.467 e. The van der Waals surface area contributed by atoms with E-state index in [2.05, 4.69) is 25.2 Å². The highest BCUT2D eigenvalue weighted by Gasteiger charge is 2.30. The van der Waals surface area contributed by atoms with E-state index in [0.717, 1.165) is 31.7 Å². The number of amides is 1. The molecule has 0 bridgehead atoms. The summed E-state index contributed by atoms with van der Waals surface area (Å²) in [5.41, 5.74) is 0.688. The maximum Gasteiger partial charge on any atom is 0.243 e. The normalized spacial score (nSPS) is 16.1. The van der Waals surface area contributed by atoms with E-state index in [-0.39, 0.29) is 5.91 Å². The quantitative estimate of drug-likeness (QED) is 0.719. The van der Waals surface area contributed by atoms with Gasteiger partial charge in [0.2, 0.25) is 11.9 Å². The first kappa shape index (κ1) is 17.4. The fourth-order valence-electron chi connectivity index (χ4n) is 3.36. The molecular weight excluding hydrogens is 344 g/mol. The first-order valence-electron chi connectivity index (χ1n) is 9.17. The van der Waals surface area contributed by atoms with E-state index in [0.29, 0.717) is 18.2 Å². The Morgan fingerprint density at radius 2 is 2.11 bits per heavy atom. The number of carbonyl (C=O) groups is 1. The molecule has 1 aliphatic heterocycles. The van der Waals surface area contributed by atoms with Crippen LogP contribution in [-0.4, -0.2) is 43.4 Å². The van der Waals surface area contributed by atoms with Gasteiger partial charge in [0.25, 0.3) is 0 Å². The van der Waals surface area contributed by atoms with Gasteiger partial charge in [-0.3, -0.25) is 14.3 Å². The average Bonchev–Trinajstić information content (AvgIpc) is 3.42. The fraction of sp³-hybridized carbons (Fsp3) is 0.368. The number of aromatic nitrogens is 4. The van der Waals surface area contributed by atoms with Crippen molar-refractivity contribution in [2.45, 2.75) is 31.8 Å². The molecule has 1 atom stereocenters. The van der Waals surface area contributed by atoms with Gasteiger partial charge in [-0.25, -0.2) is 15.0 Å². The molecule has 0 aliphatic carbocycles. The fourth-order valence-corrected chi connectivity index (χ4v) is 3.36. The lowest BCUT2D eigenvalue weighted by Crippen LogP contribution is -2.43. The maximum absolute atomic E-state index is 13.1. The van der Waals surface area contributed by atoms with Crippen LogP contribution < -0.4 is 5.32 Å². The molecule has 8 heteroatoms. The van der Waals surface area contributed by atoms with Crippen molar-refractivity contribution >= 4 is 5.91 Å². The standard InChI is InChI=1S/C19H22N6O2/c26-18(22-13-15-5-4-12-27-15)17(24-9-2-1-3-10-24)16-6-7-21-19(23-16)25-11-8-20-14-25/h4-8,11-12,14,17H,1-3,9-10,13H2,(H,22,26). The highest BCUT2D eigenvalue weighted by atomic mass is 16.3. The Morgan fingerprint density at radius 1 is 1.22 bits per heavy atom. The number of rotatable bonds is 6. The monoisotopic (exact) mass is 366 g/mol. The van der Waals surface area contributed by atoms with Crippen molar-refractivity contribution in [1.29, 1.82) is 0 Å². The van der Waals surface area contributed by atoms with Crippen LogP contribution in [0.1, 0.15) is 36.8 Å². The van der Waals surface area contributed by atoms with Crippen LogP contribution in [0.5, 0.6) is 0 Å². The van der Waals surface area contributed by atoms with E-state index >= 15 is 0 Å². The summed E-state index contributed by atoms with van der Waals surface area (Å²) in [6, 6.07) is 5.01. The van der Waals surface area contributed by atoms with Crippen LogP contribution in [0.3, 0.4) is 0 Å². The van der Waals surface area contributed by atoms with Crippen molar-refractivity contribution in [3.63, 3.8) is 0 Å². The Balaban J connectivity index is 1.59. The number of hydrogen-bond acceptors (Lipinski definition) is 6. The van der Waals surface area contributed by atoms with E-state index in [1.807, 2.05) is 18.2 Å². The van der Waals surface area contributed by atoms with E-state index in [1.165, 1.54) is 6.42 Å². The second kappa shape index (κ2) is 8.13. The molecule has 3 aromatic heterocycles. The smallest absolute Gasteiger partial charge is 0.243 e. The van der Waals surface area contributed by atoms with E-state index in [4.69, 9.17) is 4.42 Å². The van der Waals surface area contributed by atoms with Gasteiger partial charge < -0.3 is 9.73 Å². The summed E-state index contributed by atoms with van der Waals surface area (Å²) in [5.74, 6) is 1.15. The van der Waals surface area contributed by atoms with Crippen molar-refractivity contribution in [3.05, 3.63) is 60.8 Å². The van der Waals surface area contributed by atoms with Gasteiger partial charge >= 0.3 is 0 Å². The third kappa shape index (κ3) is 4.06. The summed E-state index contributed by atoms with van der Waals surface area (Å²) >= 11 is 0. The van der Waals surface area contributed by atoms with Crippen molar-refractivity contribution in [1.82, 2.24) is 29.7 Å². The van der Waals surface area contributed by atoms with Gasteiger partial charge in [-0.2, -0.15) is 0 Å². The molecule has 3 aromatic rings. The maximum atomic E-state index is 13.1. The highest BCUT2D eigenvalue weighted by molar-refractivity contribution is 5.82. The third-order valence-corrected chi connectivity index (χ3v) is 4.70. The zero-order chi connectivity index (χ0) is 18.5. The third-order valence-electron chi connectivity index (χ3n) is 4.70. The minimum absolute atomic E-state index is 0.0800. The zero-order valence-electron chi connectivity index (χ0n) is 15.0. The van der Waals surface area contributed by atoms with Crippen LogP contribution in [0.2, 0.25) is 0 Å². The topological polar surface area (TPSA) is 89.1 Å². The van der Waals surface area contributed by atoms with Gasteiger partial charge in [-0.05, 0) is 44.1 Å².